The van der Waals surface area contributed by atoms with Gasteiger partial charge >= 0.3 is 6.29 Å². The number of ether oxygens (including phenoxy) is 2. The van der Waals surface area contributed by atoms with Crippen molar-refractivity contribution >= 4 is 11.4 Å². The lowest BCUT2D eigenvalue weighted by atomic mass is 10.2. The van der Waals surface area contributed by atoms with Gasteiger partial charge in [0.1, 0.15) is 6.33 Å². The maximum atomic E-state index is 12.9. The zero-order chi connectivity index (χ0) is 14.2. The van der Waals surface area contributed by atoms with Crippen molar-refractivity contribution in [2.45, 2.75) is 13.2 Å². The van der Waals surface area contributed by atoms with Crippen molar-refractivity contribution in [3.05, 3.63) is 42.5 Å². The van der Waals surface area contributed by atoms with Crippen LogP contribution in [0.2, 0.25) is 0 Å². The van der Waals surface area contributed by atoms with E-state index < -0.39 is 6.29 Å². The van der Waals surface area contributed by atoms with E-state index in [0.717, 1.165) is 5.56 Å². The number of fused-ring (bicyclic) bond motifs is 1. The number of alkyl halides is 2. The number of hydrogen-bond donors (Lipinski definition) is 0. The first-order chi connectivity index (χ1) is 9.53. The van der Waals surface area contributed by atoms with E-state index in [1.165, 1.54) is 18.5 Å². The van der Waals surface area contributed by atoms with Gasteiger partial charge in [0.25, 0.3) is 0 Å². The number of aliphatic imine (C=N–C) groups is 1. The molecule has 1 aliphatic heterocycles. The van der Waals surface area contributed by atoms with Crippen LogP contribution in [0.25, 0.3) is 0 Å². The molecule has 0 aliphatic carbocycles. The molecule has 0 unspecified atom stereocenters. The van der Waals surface area contributed by atoms with E-state index in [4.69, 9.17) is 0 Å². The van der Waals surface area contributed by atoms with Gasteiger partial charge in [-0.2, -0.15) is 0 Å². The first-order valence-corrected chi connectivity index (χ1v) is 5.74. The SMILES string of the molecule is CC(=Nc1ccc2c(c1)OC(F)(F)O2)c1cncnc1. The third kappa shape index (κ3) is 2.42. The smallest absolute Gasteiger partial charge is 0.395 e. The third-order valence-corrected chi connectivity index (χ3v) is 2.66. The Balaban J connectivity index is 1.90. The number of rotatable bonds is 2. The molecule has 0 atom stereocenters. The lowest BCUT2D eigenvalue weighted by Gasteiger charge is -2.04. The predicted molar refractivity (Wildman–Crippen MR) is 66.5 cm³/mol. The Bertz CT molecular complexity index is 675. The van der Waals surface area contributed by atoms with E-state index in [2.05, 4.69) is 24.4 Å². The Morgan fingerprint density at radius 2 is 1.85 bits per heavy atom. The van der Waals surface area contributed by atoms with Crippen molar-refractivity contribution in [1.29, 1.82) is 0 Å². The summed E-state index contributed by atoms with van der Waals surface area (Å²) >= 11 is 0. The summed E-state index contributed by atoms with van der Waals surface area (Å²) in [4.78, 5) is 12.1. The Morgan fingerprint density at radius 1 is 1.15 bits per heavy atom. The first kappa shape index (κ1) is 12.5. The van der Waals surface area contributed by atoms with Gasteiger partial charge in [-0.15, -0.1) is 8.78 Å². The molecule has 2 aromatic rings. The summed E-state index contributed by atoms with van der Waals surface area (Å²) in [6.45, 7) is 1.78. The van der Waals surface area contributed by atoms with Gasteiger partial charge in [0.05, 0.1) is 5.69 Å². The predicted octanol–water partition coefficient (Wildman–Crippen LogP) is 2.94. The van der Waals surface area contributed by atoms with Crippen molar-refractivity contribution < 1.29 is 18.3 Å². The van der Waals surface area contributed by atoms with E-state index >= 15 is 0 Å². The second-order valence-corrected chi connectivity index (χ2v) is 4.12. The first-order valence-electron chi connectivity index (χ1n) is 5.74. The van der Waals surface area contributed by atoms with Crippen molar-refractivity contribution in [3.8, 4) is 11.5 Å². The van der Waals surface area contributed by atoms with E-state index in [1.807, 2.05) is 0 Å². The minimum Gasteiger partial charge on any atom is -0.395 e. The van der Waals surface area contributed by atoms with Crippen LogP contribution in [0.1, 0.15) is 12.5 Å². The van der Waals surface area contributed by atoms with Crippen molar-refractivity contribution in [3.63, 3.8) is 0 Å². The van der Waals surface area contributed by atoms with Gasteiger partial charge in [-0.1, -0.05) is 0 Å². The van der Waals surface area contributed by atoms with Crippen LogP contribution in [0.4, 0.5) is 14.5 Å². The molecule has 0 N–H and O–H groups in total. The zero-order valence-electron chi connectivity index (χ0n) is 10.4. The topological polar surface area (TPSA) is 56.6 Å². The molecule has 0 amide bonds. The van der Waals surface area contributed by atoms with Crippen molar-refractivity contribution in [1.82, 2.24) is 9.97 Å². The Hall–Kier alpha value is -2.57. The quantitative estimate of drug-likeness (QED) is 0.792. The summed E-state index contributed by atoms with van der Waals surface area (Å²) in [5.74, 6) is -0.0389. The molecule has 2 heterocycles. The molecule has 1 aromatic carbocycles. The maximum absolute atomic E-state index is 12.9. The van der Waals surface area contributed by atoms with E-state index in [1.54, 1.807) is 25.4 Å². The number of halogens is 2. The molecular formula is C13H9F2N3O2. The fourth-order valence-corrected chi connectivity index (χ4v) is 1.75. The van der Waals surface area contributed by atoms with Crippen LogP contribution in [0, 0.1) is 0 Å². The summed E-state index contributed by atoms with van der Waals surface area (Å²) in [5.41, 5.74) is 1.89. The number of aromatic nitrogens is 2. The van der Waals surface area contributed by atoms with Crippen LogP contribution < -0.4 is 9.47 Å². The van der Waals surface area contributed by atoms with Crippen LogP contribution in [0.3, 0.4) is 0 Å². The standard InChI is InChI=1S/C13H9F2N3O2/c1-8(9-5-16-7-17-6-9)18-10-2-3-11-12(4-10)20-13(14,15)19-11/h2-7H,1H3. The minimum absolute atomic E-state index is 0.00496. The van der Waals surface area contributed by atoms with Crippen molar-refractivity contribution in [2.75, 3.05) is 0 Å². The Labute approximate surface area is 112 Å². The van der Waals surface area contributed by atoms with E-state index in [-0.39, 0.29) is 11.5 Å². The summed E-state index contributed by atoms with van der Waals surface area (Å²) < 4.78 is 34.5. The van der Waals surface area contributed by atoms with Gasteiger partial charge in [0.15, 0.2) is 11.5 Å². The van der Waals surface area contributed by atoms with Crippen LogP contribution in [-0.4, -0.2) is 22.0 Å². The Morgan fingerprint density at radius 3 is 2.60 bits per heavy atom. The summed E-state index contributed by atoms with van der Waals surface area (Å²) in [6.07, 6.45) is 1.03. The van der Waals surface area contributed by atoms with Gasteiger partial charge < -0.3 is 9.47 Å². The highest BCUT2D eigenvalue weighted by atomic mass is 19.3. The zero-order valence-corrected chi connectivity index (χ0v) is 10.4. The van der Waals surface area contributed by atoms with Crippen LogP contribution in [-0.2, 0) is 0 Å². The highest BCUT2D eigenvalue weighted by Gasteiger charge is 2.43. The molecule has 0 bridgehead atoms. The summed E-state index contributed by atoms with van der Waals surface area (Å²) in [7, 11) is 0. The fourth-order valence-electron chi connectivity index (χ4n) is 1.75. The molecule has 1 aliphatic rings. The highest BCUT2D eigenvalue weighted by molar-refractivity contribution is 5.99. The number of nitrogens with zero attached hydrogens (tertiary/aromatic N) is 3. The molecule has 0 saturated carbocycles. The second-order valence-electron chi connectivity index (χ2n) is 4.12. The monoisotopic (exact) mass is 277 g/mol. The molecule has 0 saturated heterocycles. The number of hydrogen-bond acceptors (Lipinski definition) is 5. The van der Waals surface area contributed by atoms with E-state index in [9.17, 15) is 8.78 Å². The van der Waals surface area contributed by atoms with Gasteiger partial charge in [-0.3, -0.25) is 4.99 Å². The molecule has 102 valence electrons. The van der Waals surface area contributed by atoms with Crippen LogP contribution >= 0.6 is 0 Å². The van der Waals surface area contributed by atoms with Gasteiger partial charge in [-0.05, 0) is 19.1 Å². The minimum atomic E-state index is -3.62. The molecule has 0 spiro atoms. The lowest BCUT2D eigenvalue weighted by molar-refractivity contribution is -0.286. The number of benzene rings is 1. The second kappa shape index (κ2) is 4.52. The molecule has 1 aromatic heterocycles. The molecule has 5 nitrogen and oxygen atoms in total. The molecule has 3 rings (SSSR count). The normalized spacial score (nSPS) is 16.2. The third-order valence-electron chi connectivity index (χ3n) is 2.66. The average molecular weight is 277 g/mol. The highest BCUT2D eigenvalue weighted by Crippen LogP contribution is 2.42. The van der Waals surface area contributed by atoms with E-state index in [0.29, 0.717) is 11.4 Å². The van der Waals surface area contributed by atoms with Crippen LogP contribution in [0.15, 0.2) is 41.9 Å². The van der Waals surface area contributed by atoms with Crippen LogP contribution in [0.5, 0.6) is 11.5 Å². The average Bonchev–Trinajstić information content (AvgIpc) is 2.73. The van der Waals surface area contributed by atoms with Gasteiger partial charge in [0, 0.05) is 29.7 Å². The molecule has 0 fully saturated rings. The maximum Gasteiger partial charge on any atom is 0.586 e. The summed E-state index contributed by atoms with van der Waals surface area (Å²) in [5, 5.41) is 0. The van der Waals surface area contributed by atoms with Gasteiger partial charge in [0.2, 0.25) is 0 Å². The fraction of sp³-hybridized carbons (Fsp3) is 0.154. The summed E-state index contributed by atoms with van der Waals surface area (Å²) in [6, 6.07) is 4.35. The molecular weight excluding hydrogens is 268 g/mol. The molecule has 20 heavy (non-hydrogen) atoms. The molecule has 0 radical (unpaired) electrons. The molecule has 7 heteroatoms. The Kier molecular flexibility index (Phi) is 2.81. The van der Waals surface area contributed by atoms with Gasteiger partial charge in [-0.25, -0.2) is 9.97 Å². The van der Waals surface area contributed by atoms with Crippen molar-refractivity contribution in [2.24, 2.45) is 4.99 Å². The largest absolute Gasteiger partial charge is 0.586 e. The lowest BCUT2D eigenvalue weighted by Crippen LogP contribution is -2.25.